The Bertz CT molecular complexity index is 428. The third-order valence-electron chi connectivity index (χ3n) is 3.08. The van der Waals surface area contributed by atoms with Crippen LogP contribution in [-0.4, -0.2) is 56.3 Å². The van der Waals surface area contributed by atoms with Gasteiger partial charge in [-0.2, -0.15) is 14.0 Å². The minimum atomic E-state index is -1.70. The maximum atomic E-state index is 13.2. The highest BCUT2D eigenvalue weighted by atomic mass is 35.5. The van der Waals surface area contributed by atoms with Crippen LogP contribution in [0.25, 0.3) is 6.08 Å². The summed E-state index contributed by atoms with van der Waals surface area (Å²) in [6.07, 6.45) is 2.00. The summed E-state index contributed by atoms with van der Waals surface area (Å²) >= 11 is 0. The molecule has 0 aliphatic carbocycles. The van der Waals surface area contributed by atoms with Crippen LogP contribution in [0.3, 0.4) is 0 Å². The Balaban J connectivity index is 0.00000361. The summed E-state index contributed by atoms with van der Waals surface area (Å²) in [7, 11) is 10.7. The molecule has 0 unspecified atom stereocenters. The van der Waals surface area contributed by atoms with E-state index < -0.39 is 7.71 Å². The Morgan fingerprint density at radius 3 is 1.85 bits per heavy atom. The number of hydrogen-bond donors (Lipinski definition) is 0. The van der Waals surface area contributed by atoms with Gasteiger partial charge in [-0.25, -0.2) is 4.39 Å². The molecule has 0 saturated carbocycles. The molecule has 1 aromatic carbocycles. The van der Waals surface area contributed by atoms with E-state index in [0.717, 1.165) is 5.56 Å². The van der Waals surface area contributed by atoms with Crippen molar-refractivity contribution in [2.75, 3.05) is 42.3 Å². The molecule has 0 atom stereocenters. The van der Waals surface area contributed by atoms with Gasteiger partial charge in [-0.1, -0.05) is 12.1 Å². The van der Waals surface area contributed by atoms with Crippen LogP contribution < -0.4 is 12.4 Å². The number of rotatable bonds is 5. The van der Waals surface area contributed by atoms with Crippen LogP contribution in [0.5, 0.6) is 0 Å². The number of hydrogen-bond acceptors (Lipinski definition) is 3. The molecule has 0 spiro atoms. The van der Waals surface area contributed by atoms with Crippen LogP contribution >= 0.6 is 7.71 Å². The summed E-state index contributed by atoms with van der Waals surface area (Å²) in [5.41, 5.74) is 0.884. The third-order valence-corrected chi connectivity index (χ3v) is 7.16. The van der Waals surface area contributed by atoms with Gasteiger partial charge in [-0.05, 0) is 23.8 Å². The molecule has 1 aromatic rings. The molecule has 0 heterocycles. The lowest BCUT2D eigenvalue weighted by atomic mass is 10.2. The first-order valence-electron chi connectivity index (χ1n) is 6.17. The molecule has 114 valence electrons. The largest absolute Gasteiger partial charge is 1.00 e. The second-order valence-electron chi connectivity index (χ2n) is 5.03. The molecule has 0 aliphatic rings. The lowest BCUT2D eigenvalue weighted by Gasteiger charge is -2.37. The van der Waals surface area contributed by atoms with Gasteiger partial charge in [-0.3, -0.25) is 0 Å². The zero-order valence-electron chi connectivity index (χ0n) is 13.0. The average molecular weight is 320 g/mol. The van der Waals surface area contributed by atoms with Gasteiger partial charge in [-0.15, -0.1) is 0 Å². The Morgan fingerprint density at radius 1 is 0.950 bits per heavy atom. The van der Waals surface area contributed by atoms with Gasteiger partial charge >= 0.3 is 0 Å². The zero-order valence-corrected chi connectivity index (χ0v) is 14.7. The molecule has 20 heavy (non-hydrogen) atoms. The van der Waals surface area contributed by atoms with Crippen LogP contribution in [0.1, 0.15) is 5.56 Å². The van der Waals surface area contributed by atoms with Gasteiger partial charge in [0.25, 0.3) is 7.71 Å². The van der Waals surface area contributed by atoms with Crippen molar-refractivity contribution in [3.63, 3.8) is 0 Å². The lowest BCUT2D eigenvalue weighted by Crippen LogP contribution is -3.00. The standard InChI is InChI=1S/C14H24FN3P.ClH/c1-16(2)19(17(3)4,18(5)6)11-10-13-8-7-9-14(15)12-13;/h7-12H,1-6H3;1H/q+1;/p-1/b11-10+;. The van der Waals surface area contributed by atoms with Gasteiger partial charge in [0.05, 0.1) is 0 Å². The Hall–Kier alpha value is -0.510. The molecule has 0 N–H and O–H groups in total. The normalized spacial score (nSPS) is 12.5. The summed E-state index contributed by atoms with van der Waals surface area (Å²) in [6.45, 7) is 0. The van der Waals surface area contributed by atoms with E-state index in [2.05, 4.69) is 62.1 Å². The van der Waals surface area contributed by atoms with Crippen molar-refractivity contribution in [2.24, 2.45) is 0 Å². The lowest BCUT2D eigenvalue weighted by molar-refractivity contribution is -0.00000479. The van der Waals surface area contributed by atoms with Crippen molar-refractivity contribution >= 4 is 13.8 Å². The molecular weight excluding hydrogens is 296 g/mol. The van der Waals surface area contributed by atoms with E-state index in [-0.39, 0.29) is 18.2 Å². The third kappa shape index (κ3) is 4.24. The van der Waals surface area contributed by atoms with Crippen molar-refractivity contribution in [1.82, 2.24) is 14.0 Å². The first kappa shape index (κ1) is 19.5. The Morgan fingerprint density at radius 2 is 1.45 bits per heavy atom. The summed E-state index contributed by atoms with van der Waals surface area (Å²) in [5, 5.41) is 0. The van der Waals surface area contributed by atoms with E-state index in [1.165, 1.54) is 6.07 Å². The average Bonchev–Trinajstić information content (AvgIpc) is 2.28. The molecule has 3 nitrogen and oxygen atoms in total. The van der Waals surface area contributed by atoms with Crippen molar-refractivity contribution in [3.05, 3.63) is 41.5 Å². The van der Waals surface area contributed by atoms with E-state index in [9.17, 15) is 4.39 Å². The van der Waals surface area contributed by atoms with Gasteiger partial charge in [0, 0.05) is 42.3 Å². The summed E-state index contributed by atoms with van der Waals surface area (Å²) in [6, 6.07) is 6.65. The highest BCUT2D eigenvalue weighted by molar-refractivity contribution is 7.72. The number of nitrogens with zero attached hydrogens (tertiary/aromatic N) is 3. The van der Waals surface area contributed by atoms with E-state index in [1.807, 2.05) is 12.1 Å². The zero-order chi connectivity index (χ0) is 14.6. The molecule has 0 radical (unpaired) electrons. The molecule has 0 fully saturated rings. The smallest absolute Gasteiger partial charge is 0.253 e. The number of benzene rings is 1. The summed E-state index contributed by atoms with van der Waals surface area (Å²) in [5.74, 6) is 1.98. The van der Waals surface area contributed by atoms with Crippen LogP contribution in [0.2, 0.25) is 0 Å². The fourth-order valence-electron chi connectivity index (χ4n) is 2.27. The fraction of sp³-hybridized carbons (Fsp3) is 0.429. The van der Waals surface area contributed by atoms with Crippen LogP contribution in [0, 0.1) is 5.82 Å². The second kappa shape index (κ2) is 8.06. The number of halogens is 2. The summed E-state index contributed by atoms with van der Waals surface area (Å²) in [4.78, 5) is 0. The van der Waals surface area contributed by atoms with Crippen LogP contribution in [0.15, 0.2) is 30.1 Å². The topological polar surface area (TPSA) is 9.72 Å². The predicted octanol–water partition coefficient (Wildman–Crippen LogP) is 0.248. The molecular formula is C14H24ClFN3P. The fourth-order valence-corrected chi connectivity index (χ4v) is 5.59. The van der Waals surface area contributed by atoms with Gasteiger partial charge in [0.1, 0.15) is 11.6 Å². The van der Waals surface area contributed by atoms with Gasteiger partial charge in [0.15, 0.2) is 0 Å². The highest BCUT2D eigenvalue weighted by Gasteiger charge is 2.45. The molecule has 0 aliphatic heterocycles. The maximum absolute atomic E-state index is 13.2. The van der Waals surface area contributed by atoms with Gasteiger partial charge < -0.3 is 12.4 Å². The van der Waals surface area contributed by atoms with Crippen LogP contribution in [-0.2, 0) is 0 Å². The maximum Gasteiger partial charge on any atom is 0.253 e. The molecule has 1 rings (SSSR count). The molecule has 0 bridgehead atoms. The summed E-state index contributed by atoms with van der Waals surface area (Å²) < 4.78 is 19.9. The highest BCUT2D eigenvalue weighted by Crippen LogP contribution is 2.65. The molecule has 0 amide bonds. The van der Waals surface area contributed by atoms with Crippen molar-refractivity contribution < 1.29 is 16.8 Å². The monoisotopic (exact) mass is 319 g/mol. The molecule has 6 heteroatoms. The van der Waals surface area contributed by atoms with E-state index in [1.54, 1.807) is 12.1 Å². The molecule has 0 aromatic heterocycles. The SMILES string of the molecule is CN(C)[P+](/C=C/c1cccc(F)c1)(N(C)C)N(C)C.[Cl-]. The first-order valence-corrected chi connectivity index (χ1v) is 7.89. The Labute approximate surface area is 129 Å². The minimum absolute atomic E-state index is 0. The molecule has 0 saturated heterocycles. The van der Waals surface area contributed by atoms with E-state index in [0.29, 0.717) is 0 Å². The minimum Gasteiger partial charge on any atom is -1.00 e. The Kier molecular flexibility index (Phi) is 7.85. The van der Waals surface area contributed by atoms with E-state index in [4.69, 9.17) is 0 Å². The second-order valence-corrected chi connectivity index (χ2v) is 8.95. The van der Waals surface area contributed by atoms with Crippen molar-refractivity contribution in [3.8, 4) is 0 Å². The van der Waals surface area contributed by atoms with Crippen molar-refractivity contribution in [2.45, 2.75) is 0 Å². The van der Waals surface area contributed by atoms with Crippen molar-refractivity contribution in [1.29, 1.82) is 0 Å². The van der Waals surface area contributed by atoms with Gasteiger partial charge in [0.2, 0.25) is 0 Å². The van der Waals surface area contributed by atoms with E-state index >= 15 is 0 Å². The quantitative estimate of drug-likeness (QED) is 0.720. The first-order chi connectivity index (χ1) is 8.80. The van der Waals surface area contributed by atoms with Crippen LogP contribution in [0.4, 0.5) is 4.39 Å². The predicted molar refractivity (Wildman–Crippen MR) is 83.4 cm³/mol.